The second kappa shape index (κ2) is 14.7. The maximum atomic E-state index is 13.5. The molecule has 0 heterocycles. The van der Waals surface area contributed by atoms with Crippen LogP contribution in [-0.4, -0.2) is 37.7 Å². The molecule has 3 amide bonds. The van der Waals surface area contributed by atoms with Crippen molar-refractivity contribution in [1.82, 2.24) is 5.32 Å². The normalized spacial score (nSPS) is 10.9. The number of amides is 3. The summed E-state index contributed by atoms with van der Waals surface area (Å²) in [6.45, 7) is 3.92. The molecule has 0 fully saturated rings. The van der Waals surface area contributed by atoms with Crippen molar-refractivity contribution >= 4 is 46.9 Å². The highest BCUT2D eigenvalue weighted by Gasteiger charge is 2.18. The van der Waals surface area contributed by atoms with Gasteiger partial charge in [-0.3, -0.25) is 14.4 Å². The minimum absolute atomic E-state index is 0.00589. The monoisotopic (exact) mass is 595 g/mol. The first-order chi connectivity index (χ1) is 20.8. The van der Waals surface area contributed by atoms with Gasteiger partial charge in [0.15, 0.2) is 11.5 Å². The zero-order valence-corrected chi connectivity index (χ0v) is 25.2. The van der Waals surface area contributed by atoms with Gasteiger partial charge in [0.25, 0.3) is 11.8 Å². The van der Waals surface area contributed by atoms with Crippen molar-refractivity contribution in [3.05, 3.63) is 119 Å². The molecule has 0 radical (unpaired) electrons. The highest BCUT2D eigenvalue weighted by molar-refractivity contribution is 8.00. The van der Waals surface area contributed by atoms with Crippen LogP contribution in [0.1, 0.15) is 27.0 Å². The number of methoxy groups -OCH3 is 2. The lowest BCUT2D eigenvalue weighted by Crippen LogP contribution is -2.30. The second-order valence-corrected chi connectivity index (χ2v) is 10.6. The largest absolute Gasteiger partial charge is 0.493 e. The number of aryl methyl sites for hydroxylation is 2. The van der Waals surface area contributed by atoms with Gasteiger partial charge in [0.05, 0.1) is 20.0 Å². The summed E-state index contributed by atoms with van der Waals surface area (Å²) >= 11 is 1.35. The summed E-state index contributed by atoms with van der Waals surface area (Å²) in [6, 6.07) is 26.9. The predicted molar refractivity (Wildman–Crippen MR) is 172 cm³/mol. The summed E-state index contributed by atoms with van der Waals surface area (Å²) in [4.78, 5) is 40.0. The Morgan fingerprint density at radius 1 is 0.814 bits per heavy atom. The van der Waals surface area contributed by atoms with Crippen molar-refractivity contribution in [2.75, 3.05) is 30.6 Å². The molecular formula is C34H33N3O5S. The Bertz CT molecular complexity index is 1650. The third kappa shape index (κ3) is 8.50. The Balaban J connectivity index is 1.52. The van der Waals surface area contributed by atoms with E-state index in [9.17, 15) is 14.4 Å². The summed E-state index contributed by atoms with van der Waals surface area (Å²) in [5, 5.41) is 8.55. The van der Waals surface area contributed by atoms with E-state index in [1.54, 1.807) is 66.7 Å². The first-order valence-electron chi connectivity index (χ1n) is 13.5. The van der Waals surface area contributed by atoms with Gasteiger partial charge >= 0.3 is 0 Å². The first-order valence-corrected chi connectivity index (χ1v) is 14.5. The lowest BCUT2D eigenvalue weighted by Gasteiger charge is -2.14. The highest BCUT2D eigenvalue weighted by Crippen LogP contribution is 2.32. The molecule has 0 aliphatic carbocycles. The van der Waals surface area contributed by atoms with Crippen molar-refractivity contribution < 1.29 is 23.9 Å². The maximum Gasteiger partial charge on any atom is 0.272 e. The van der Waals surface area contributed by atoms with Crippen molar-refractivity contribution in [3.63, 3.8) is 0 Å². The van der Waals surface area contributed by atoms with E-state index in [1.165, 1.54) is 32.1 Å². The van der Waals surface area contributed by atoms with E-state index in [4.69, 9.17) is 9.47 Å². The molecule has 9 heteroatoms. The van der Waals surface area contributed by atoms with Gasteiger partial charge in [0.2, 0.25) is 5.91 Å². The van der Waals surface area contributed by atoms with Crippen LogP contribution in [0.5, 0.6) is 11.5 Å². The Morgan fingerprint density at radius 2 is 1.58 bits per heavy atom. The summed E-state index contributed by atoms with van der Waals surface area (Å²) in [7, 11) is 3.03. The minimum atomic E-state index is -0.538. The molecule has 0 bridgehead atoms. The quantitative estimate of drug-likeness (QED) is 0.136. The lowest BCUT2D eigenvalue weighted by atomic mass is 10.1. The van der Waals surface area contributed by atoms with Gasteiger partial charge in [-0.15, -0.1) is 11.8 Å². The number of hydrogen-bond acceptors (Lipinski definition) is 6. The van der Waals surface area contributed by atoms with Gasteiger partial charge in [-0.2, -0.15) is 0 Å². The standard InChI is InChI=1S/C34H33N3O5S/c1-22-16-17-23(2)28(18-22)36-31(38)21-43-27-14-9-13-26(20-27)35-34(40)29(37-33(39)24-10-6-5-7-11-24)19-25-12-8-15-30(41-3)32(25)42-4/h5-20H,21H2,1-4H3,(H,35,40)(H,36,38)(H,37,39)/b29-19+. The SMILES string of the molecule is COc1cccc(/C=C(/NC(=O)c2ccccc2)C(=O)Nc2cccc(SCC(=O)Nc3cc(C)ccc3C)c2)c1OC. The first kappa shape index (κ1) is 30.9. The number of benzene rings is 4. The van der Waals surface area contributed by atoms with Crippen molar-refractivity contribution in [2.45, 2.75) is 18.7 Å². The van der Waals surface area contributed by atoms with Gasteiger partial charge in [-0.25, -0.2) is 0 Å². The molecule has 0 atom stereocenters. The van der Waals surface area contributed by atoms with Crippen molar-refractivity contribution in [2.24, 2.45) is 0 Å². The minimum Gasteiger partial charge on any atom is -0.493 e. The molecular weight excluding hydrogens is 562 g/mol. The van der Waals surface area contributed by atoms with Crippen LogP contribution in [0, 0.1) is 13.8 Å². The van der Waals surface area contributed by atoms with Crippen LogP contribution in [0.4, 0.5) is 11.4 Å². The van der Waals surface area contributed by atoms with Gasteiger partial charge in [0, 0.05) is 27.4 Å². The molecule has 0 unspecified atom stereocenters. The number of carbonyl (C=O) groups is 3. The average Bonchev–Trinajstić information content (AvgIpc) is 3.01. The summed E-state index contributed by atoms with van der Waals surface area (Å²) < 4.78 is 10.9. The van der Waals surface area contributed by atoms with E-state index < -0.39 is 11.8 Å². The molecule has 0 saturated carbocycles. The molecule has 0 aliphatic heterocycles. The topological polar surface area (TPSA) is 106 Å². The van der Waals surface area contributed by atoms with Gasteiger partial charge in [-0.05, 0) is 73.5 Å². The molecule has 3 N–H and O–H groups in total. The van der Waals surface area contributed by atoms with Gasteiger partial charge in [-0.1, -0.05) is 48.5 Å². The fourth-order valence-electron chi connectivity index (χ4n) is 4.19. The third-order valence-electron chi connectivity index (χ3n) is 6.39. The fourth-order valence-corrected chi connectivity index (χ4v) is 4.95. The molecule has 220 valence electrons. The Hall–Kier alpha value is -5.02. The number of para-hydroxylation sites is 1. The zero-order valence-electron chi connectivity index (χ0n) is 24.4. The van der Waals surface area contributed by atoms with E-state index in [2.05, 4.69) is 16.0 Å². The lowest BCUT2D eigenvalue weighted by molar-refractivity contribution is -0.114. The van der Waals surface area contributed by atoms with E-state index in [0.29, 0.717) is 28.3 Å². The summed E-state index contributed by atoms with van der Waals surface area (Å²) in [6.07, 6.45) is 1.54. The van der Waals surface area contributed by atoms with Crippen LogP contribution in [0.25, 0.3) is 6.08 Å². The smallest absolute Gasteiger partial charge is 0.272 e. The Morgan fingerprint density at radius 3 is 2.33 bits per heavy atom. The van der Waals surface area contributed by atoms with E-state index in [1.807, 2.05) is 38.1 Å². The molecule has 8 nitrogen and oxygen atoms in total. The molecule has 43 heavy (non-hydrogen) atoms. The number of rotatable bonds is 11. The average molecular weight is 596 g/mol. The Kier molecular flexibility index (Phi) is 10.6. The summed E-state index contributed by atoms with van der Waals surface area (Å²) in [5.74, 6) is -0.0154. The molecule has 0 aromatic heterocycles. The highest BCUT2D eigenvalue weighted by atomic mass is 32.2. The van der Waals surface area contributed by atoms with Crippen molar-refractivity contribution in [3.8, 4) is 11.5 Å². The molecule has 0 aliphatic rings. The Labute approximate surface area is 255 Å². The number of nitrogens with one attached hydrogen (secondary N) is 3. The molecule has 4 rings (SSSR count). The van der Waals surface area contributed by atoms with Gasteiger partial charge in [0.1, 0.15) is 5.70 Å². The molecule has 4 aromatic rings. The zero-order chi connectivity index (χ0) is 30.8. The van der Waals surface area contributed by atoms with Crippen LogP contribution >= 0.6 is 11.8 Å². The molecule has 0 saturated heterocycles. The maximum absolute atomic E-state index is 13.5. The van der Waals surface area contributed by atoms with Crippen LogP contribution in [0.3, 0.4) is 0 Å². The number of anilines is 2. The fraction of sp³-hybridized carbons (Fsp3) is 0.147. The van der Waals surface area contributed by atoms with E-state index in [-0.39, 0.29) is 17.4 Å². The van der Waals surface area contributed by atoms with E-state index >= 15 is 0 Å². The molecule has 4 aromatic carbocycles. The summed E-state index contributed by atoms with van der Waals surface area (Å²) in [5.41, 5.74) is 4.29. The van der Waals surface area contributed by atoms with Crippen LogP contribution in [-0.2, 0) is 9.59 Å². The third-order valence-corrected chi connectivity index (χ3v) is 7.38. The van der Waals surface area contributed by atoms with Crippen LogP contribution < -0.4 is 25.4 Å². The second-order valence-electron chi connectivity index (χ2n) is 9.60. The van der Waals surface area contributed by atoms with Crippen LogP contribution in [0.2, 0.25) is 0 Å². The van der Waals surface area contributed by atoms with Crippen molar-refractivity contribution in [1.29, 1.82) is 0 Å². The van der Waals surface area contributed by atoms with Gasteiger partial charge < -0.3 is 25.4 Å². The number of ether oxygens (including phenoxy) is 2. The van der Waals surface area contributed by atoms with Crippen LogP contribution in [0.15, 0.2) is 102 Å². The predicted octanol–water partition coefficient (Wildman–Crippen LogP) is 6.46. The van der Waals surface area contributed by atoms with E-state index in [0.717, 1.165) is 21.7 Å². The number of carbonyl (C=O) groups excluding carboxylic acids is 3. The number of thioether (sulfide) groups is 1. The number of hydrogen-bond donors (Lipinski definition) is 3. The molecule has 0 spiro atoms.